The average Bonchev–Trinajstić information content (AvgIpc) is 2.59. The van der Waals surface area contributed by atoms with Gasteiger partial charge in [-0.25, -0.2) is 0 Å². The van der Waals surface area contributed by atoms with Crippen molar-refractivity contribution in [1.29, 1.82) is 0 Å². The molecule has 0 aliphatic rings. The van der Waals surface area contributed by atoms with E-state index >= 15 is 0 Å². The van der Waals surface area contributed by atoms with E-state index in [1.165, 1.54) is 11.3 Å². The normalized spacial score (nSPS) is 13.6. The second kappa shape index (κ2) is 7.37. The Labute approximate surface area is 114 Å². The molecule has 0 aliphatic heterocycles. The highest BCUT2D eigenvalue weighted by Crippen LogP contribution is 2.21. The number of rotatable bonds is 7. The molecule has 0 aromatic carbocycles. The summed E-state index contributed by atoms with van der Waals surface area (Å²) in [6, 6.07) is 4.61. The standard InChI is InChI=1S/C13H23ClN2S/c1-10(2)7-11(9-16(3)4)15-8-12-5-6-13(14)17-12/h5-6,10-11,15H,7-9H2,1-4H3. The molecule has 0 amide bonds. The maximum atomic E-state index is 5.93. The van der Waals surface area contributed by atoms with Crippen LogP contribution >= 0.6 is 22.9 Å². The van der Waals surface area contributed by atoms with Gasteiger partial charge in [-0.15, -0.1) is 11.3 Å². The summed E-state index contributed by atoms with van der Waals surface area (Å²) in [5.41, 5.74) is 0. The molecule has 1 rings (SSSR count). The van der Waals surface area contributed by atoms with Crippen LogP contribution in [0.15, 0.2) is 12.1 Å². The van der Waals surface area contributed by atoms with E-state index in [2.05, 4.69) is 44.2 Å². The van der Waals surface area contributed by atoms with E-state index in [1.54, 1.807) is 11.3 Å². The lowest BCUT2D eigenvalue weighted by Gasteiger charge is -2.23. The van der Waals surface area contributed by atoms with Crippen molar-refractivity contribution in [3.05, 3.63) is 21.3 Å². The molecule has 2 nitrogen and oxygen atoms in total. The van der Waals surface area contributed by atoms with E-state index < -0.39 is 0 Å². The van der Waals surface area contributed by atoms with Crippen LogP contribution in [0.5, 0.6) is 0 Å². The van der Waals surface area contributed by atoms with E-state index in [-0.39, 0.29) is 0 Å². The number of likely N-dealkylation sites (N-methyl/N-ethyl adjacent to an activating group) is 1. The monoisotopic (exact) mass is 274 g/mol. The van der Waals surface area contributed by atoms with Gasteiger partial charge in [-0.1, -0.05) is 25.4 Å². The fourth-order valence-corrected chi connectivity index (χ4v) is 2.96. The maximum Gasteiger partial charge on any atom is 0.0931 e. The third-order valence-corrected chi connectivity index (χ3v) is 3.77. The van der Waals surface area contributed by atoms with Crippen LogP contribution in [0.1, 0.15) is 25.1 Å². The van der Waals surface area contributed by atoms with Gasteiger partial charge in [-0.2, -0.15) is 0 Å². The fraction of sp³-hybridized carbons (Fsp3) is 0.692. The molecule has 1 unspecified atom stereocenters. The van der Waals surface area contributed by atoms with Crippen molar-refractivity contribution in [2.45, 2.75) is 32.9 Å². The second-order valence-electron chi connectivity index (χ2n) is 5.18. The molecule has 0 saturated heterocycles. The highest BCUT2D eigenvalue weighted by atomic mass is 35.5. The number of hydrogen-bond acceptors (Lipinski definition) is 3. The molecule has 1 aromatic heterocycles. The predicted molar refractivity (Wildman–Crippen MR) is 78.0 cm³/mol. The average molecular weight is 275 g/mol. The lowest BCUT2D eigenvalue weighted by molar-refractivity contribution is 0.305. The lowest BCUT2D eigenvalue weighted by Crippen LogP contribution is -2.38. The Morgan fingerprint density at radius 1 is 1.35 bits per heavy atom. The summed E-state index contributed by atoms with van der Waals surface area (Å²) in [5, 5.41) is 3.62. The van der Waals surface area contributed by atoms with Crippen LogP contribution < -0.4 is 5.32 Å². The molecule has 0 spiro atoms. The zero-order valence-electron chi connectivity index (χ0n) is 11.2. The van der Waals surface area contributed by atoms with Crippen molar-refractivity contribution in [2.75, 3.05) is 20.6 Å². The van der Waals surface area contributed by atoms with Gasteiger partial charge in [0.2, 0.25) is 0 Å². The van der Waals surface area contributed by atoms with Crippen molar-refractivity contribution in [3.8, 4) is 0 Å². The number of nitrogens with one attached hydrogen (secondary N) is 1. The molecule has 0 bridgehead atoms. The Balaban J connectivity index is 2.42. The Hall–Kier alpha value is -0.0900. The van der Waals surface area contributed by atoms with Gasteiger partial charge >= 0.3 is 0 Å². The molecule has 1 heterocycles. The minimum Gasteiger partial charge on any atom is -0.308 e. The molecule has 1 aromatic rings. The third-order valence-electron chi connectivity index (χ3n) is 2.54. The van der Waals surface area contributed by atoms with Crippen molar-refractivity contribution in [3.63, 3.8) is 0 Å². The summed E-state index contributed by atoms with van der Waals surface area (Å²) >= 11 is 7.58. The van der Waals surface area contributed by atoms with Gasteiger partial charge in [0, 0.05) is 24.0 Å². The summed E-state index contributed by atoms with van der Waals surface area (Å²) in [4.78, 5) is 3.55. The molecule has 0 aliphatic carbocycles. The van der Waals surface area contributed by atoms with Crippen LogP contribution in [0.4, 0.5) is 0 Å². The Morgan fingerprint density at radius 3 is 2.53 bits per heavy atom. The fourth-order valence-electron chi connectivity index (χ4n) is 1.92. The molecule has 98 valence electrons. The van der Waals surface area contributed by atoms with Gasteiger partial charge < -0.3 is 10.2 Å². The molecule has 0 saturated carbocycles. The second-order valence-corrected chi connectivity index (χ2v) is 6.98. The van der Waals surface area contributed by atoms with Crippen LogP contribution in [-0.2, 0) is 6.54 Å². The van der Waals surface area contributed by atoms with Crippen molar-refractivity contribution < 1.29 is 0 Å². The number of hydrogen-bond donors (Lipinski definition) is 1. The topological polar surface area (TPSA) is 15.3 Å². The molecular weight excluding hydrogens is 252 g/mol. The van der Waals surface area contributed by atoms with Crippen LogP contribution in [0.3, 0.4) is 0 Å². The Morgan fingerprint density at radius 2 is 2.06 bits per heavy atom. The van der Waals surface area contributed by atoms with Gasteiger partial charge in [-0.3, -0.25) is 0 Å². The Kier molecular flexibility index (Phi) is 6.49. The van der Waals surface area contributed by atoms with Gasteiger partial charge in [0.15, 0.2) is 0 Å². The van der Waals surface area contributed by atoms with Gasteiger partial charge in [0.25, 0.3) is 0 Å². The maximum absolute atomic E-state index is 5.93. The summed E-state index contributed by atoms with van der Waals surface area (Å²) in [6.07, 6.45) is 1.21. The van der Waals surface area contributed by atoms with E-state index in [0.29, 0.717) is 6.04 Å². The van der Waals surface area contributed by atoms with Crippen LogP contribution in [0, 0.1) is 5.92 Å². The quantitative estimate of drug-likeness (QED) is 0.819. The first kappa shape index (κ1) is 15.0. The lowest BCUT2D eigenvalue weighted by atomic mass is 10.0. The Bertz CT molecular complexity index is 313. The molecule has 0 fully saturated rings. The minimum absolute atomic E-state index is 0.547. The van der Waals surface area contributed by atoms with E-state index in [4.69, 9.17) is 11.6 Å². The zero-order chi connectivity index (χ0) is 12.8. The molecule has 0 radical (unpaired) electrons. The zero-order valence-corrected chi connectivity index (χ0v) is 12.7. The van der Waals surface area contributed by atoms with Gasteiger partial charge in [0.1, 0.15) is 0 Å². The first-order valence-electron chi connectivity index (χ1n) is 6.09. The van der Waals surface area contributed by atoms with Crippen LogP contribution in [0.2, 0.25) is 4.34 Å². The summed E-state index contributed by atoms with van der Waals surface area (Å²) in [5.74, 6) is 0.722. The van der Waals surface area contributed by atoms with Crippen molar-refractivity contribution in [2.24, 2.45) is 5.92 Å². The smallest absolute Gasteiger partial charge is 0.0931 e. The largest absolute Gasteiger partial charge is 0.308 e. The van der Waals surface area contributed by atoms with Crippen molar-refractivity contribution in [1.82, 2.24) is 10.2 Å². The van der Waals surface area contributed by atoms with Crippen molar-refractivity contribution >= 4 is 22.9 Å². The van der Waals surface area contributed by atoms with E-state index in [9.17, 15) is 0 Å². The van der Waals surface area contributed by atoms with Gasteiger partial charge in [-0.05, 0) is 38.6 Å². The highest BCUT2D eigenvalue weighted by molar-refractivity contribution is 7.16. The van der Waals surface area contributed by atoms with Gasteiger partial charge in [0.05, 0.1) is 4.34 Å². The number of halogens is 1. The van der Waals surface area contributed by atoms with Crippen LogP contribution in [-0.4, -0.2) is 31.6 Å². The first-order chi connectivity index (χ1) is 7.97. The first-order valence-corrected chi connectivity index (χ1v) is 7.29. The molecule has 4 heteroatoms. The minimum atomic E-state index is 0.547. The summed E-state index contributed by atoms with van der Waals surface area (Å²) < 4.78 is 0.870. The SMILES string of the molecule is CC(C)CC(CN(C)C)NCc1ccc(Cl)s1. The molecule has 1 N–H and O–H groups in total. The molecular formula is C13H23ClN2S. The highest BCUT2D eigenvalue weighted by Gasteiger charge is 2.11. The molecule has 1 atom stereocenters. The summed E-state index contributed by atoms with van der Waals surface area (Å²) in [6.45, 7) is 6.54. The van der Waals surface area contributed by atoms with E-state index in [1.807, 2.05) is 6.07 Å². The predicted octanol–water partition coefficient (Wildman–Crippen LogP) is 3.47. The van der Waals surface area contributed by atoms with Crippen LogP contribution in [0.25, 0.3) is 0 Å². The van der Waals surface area contributed by atoms with E-state index in [0.717, 1.165) is 23.3 Å². The number of thiophene rings is 1. The summed E-state index contributed by atoms with van der Waals surface area (Å²) in [7, 11) is 4.24. The number of nitrogens with zero attached hydrogens (tertiary/aromatic N) is 1. The third kappa shape index (κ3) is 6.41. The molecule has 17 heavy (non-hydrogen) atoms.